The van der Waals surface area contributed by atoms with E-state index in [9.17, 15) is 4.79 Å². The number of nitrogens with one attached hydrogen (secondary N) is 1. The lowest BCUT2D eigenvalue weighted by molar-refractivity contribution is 0.0945. The maximum atomic E-state index is 12.4. The summed E-state index contributed by atoms with van der Waals surface area (Å²) in [7, 11) is 0. The number of carbonyl (C=O) groups is 1. The fourth-order valence-corrected chi connectivity index (χ4v) is 3.38. The highest BCUT2D eigenvalue weighted by atomic mass is 16.1. The van der Waals surface area contributed by atoms with Crippen LogP contribution >= 0.6 is 0 Å². The van der Waals surface area contributed by atoms with E-state index in [-0.39, 0.29) is 5.91 Å². The zero-order valence-electron chi connectivity index (χ0n) is 15.4. The van der Waals surface area contributed by atoms with Gasteiger partial charge in [0.05, 0.1) is 0 Å². The molecule has 1 aliphatic heterocycles. The average molecular weight is 358 g/mol. The first-order valence-electron chi connectivity index (χ1n) is 9.19. The van der Waals surface area contributed by atoms with Crippen molar-refractivity contribution in [3.63, 3.8) is 0 Å². The third-order valence-electron chi connectivity index (χ3n) is 5.04. The van der Waals surface area contributed by atoms with Crippen LogP contribution in [0.15, 0.2) is 60.7 Å². The normalized spacial score (nSPS) is 13.1. The van der Waals surface area contributed by atoms with Crippen LogP contribution in [-0.4, -0.2) is 22.6 Å². The van der Waals surface area contributed by atoms with E-state index >= 15 is 0 Å². The van der Waals surface area contributed by atoms with Crippen molar-refractivity contribution in [2.24, 2.45) is 0 Å². The van der Waals surface area contributed by atoms with Gasteiger partial charge in [0, 0.05) is 19.6 Å². The Hall–Kier alpha value is -3.21. The number of anilines is 1. The maximum absolute atomic E-state index is 12.4. The lowest BCUT2D eigenvalue weighted by atomic mass is 10.00. The lowest BCUT2D eigenvalue weighted by Gasteiger charge is -2.29. The predicted molar refractivity (Wildman–Crippen MR) is 106 cm³/mol. The first-order valence-corrected chi connectivity index (χ1v) is 9.19. The van der Waals surface area contributed by atoms with E-state index in [2.05, 4.69) is 44.7 Å². The van der Waals surface area contributed by atoms with Crippen LogP contribution < -0.4 is 10.2 Å². The van der Waals surface area contributed by atoms with Crippen molar-refractivity contribution in [1.29, 1.82) is 0 Å². The Morgan fingerprint density at radius 2 is 1.78 bits per heavy atom. The van der Waals surface area contributed by atoms with E-state index in [0.29, 0.717) is 12.2 Å². The molecule has 0 spiro atoms. The Morgan fingerprint density at radius 1 is 1.00 bits per heavy atom. The minimum Gasteiger partial charge on any atom is -0.350 e. The number of hydrogen-bond donors (Lipinski definition) is 1. The Bertz CT molecular complexity index is 953. The summed E-state index contributed by atoms with van der Waals surface area (Å²) in [4.78, 5) is 14.6. The van der Waals surface area contributed by atoms with Crippen LogP contribution in [0, 0.1) is 6.92 Å². The number of rotatable bonds is 4. The van der Waals surface area contributed by atoms with Gasteiger partial charge in [-0.05, 0) is 47.7 Å². The van der Waals surface area contributed by atoms with Crippen LogP contribution in [0.2, 0.25) is 0 Å². The zero-order valence-corrected chi connectivity index (χ0v) is 15.4. The van der Waals surface area contributed by atoms with Crippen molar-refractivity contribution in [1.82, 2.24) is 15.5 Å². The van der Waals surface area contributed by atoms with Crippen molar-refractivity contribution >= 4 is 11.7 Å². The Balaban J connectivity index is 1.40. The Kier molecular flexibility index (Phi) is 4.83. The minimum atomic E-state index is -0.207. The molecular formula is C22H22N4O. The van der Waals surface area contributed by atoms with E-state index in [4.69, 9.17) is 0 Å². The SMILES string of the molecule is Cc1ccccc1CNC(=O)c1ccc(N2CCc3ccccc3C2)nn1. The lowest BCUT2D eigenvalue weighted by Crippen LogP contribution is -2.31. The fourth-order valence-electron chi connectivity index (χ4n) is 3.38. The molecule has 1 N–H and O–H groups in total. The number of carbonyl (C=O) groups excluding carboxylic acids is 1. The topological polar surface area (TPSA) is 58.1 Å². The van der Waals surface area contributed by atoms with Crippen molar-refractivity contribution in [3.05, 3.63) is 88.6 Å². The zero-order chi connectivity index (χ0) is 18.6. The molecule has 0 radical (unpaired) electrons. The second-order valence-corrected chi connectivity index (χ2v) is 6.83. The summed E-state index contributed by atoms with van der Waals surface area (Å²) in [6.07, 6.45) is 0.997. The number of benzene rings is 2. The van der Waals surface area contributed by atoms with E-state index in [0.717, 1.165) is 36.5 Å². The van der Waals surface area contributed by atoms with Crippen LogP contribution in [0.25, 0.3) is 0 Å². The molecule has 5 heteroatoms. The molecule has 0 bridgehead atoms. The highest BCUT2D eigenvalue weighted by Crippen LogP contribution is 2.22. The highest BCUT2D eigenvalue weighted by Gasteiger charge is 2.18. The summed E-state index contributed by atoms with van der Waals surface area (Å²) in [5.74, 6) is 0.598. The molecule has 5 nitrogen and oxygen atoms in total. The molecule has 27 heavy (non-hydrogen) atoms. The molecule has 0 fully saturated rings. The summed E-state index contributed by atoms with van der Waals surface area (Å²) >= 11 is 0. The molecule has 2 heterocycles. The molecule has 0 aliphatic carbocycles. The fraction of sp³-hybridized carbons (Fsp3) is 0.227. The maximum Gasteiger partial charge on any atom is 0.272 e. The number of nitrogens with zero attached hydrogens (tertiary/aromatic N) is 3. The summed E-state index contributed by atoms with van der Waals surface area (Å²) in [6.45, 7) is 4.25. The summed E-state index contributed by atoms with van der Waals surface area (Å²) < 4.78 is 0. The summed E-state index contributed by atoms with van der Waals surface area (Å²) in [5.41, 5.74) is 5.32. The van der Waals surface area contributed by atoms with Crippen LogP contribution in [0.1, 0.15) is 32.7 Å². The minimum absolute atomic E-state index is 0.207. The van der Waals surface area contributed by atoms with Crippen molar-refractivity contribution in [2.45, 2.75) is 26.4 Å². The van der Waals surface area contributed by atoms with E-state index in [1.165, 1.54) is 11.1 Å². The van der Waals surface area contributed by atoms with Crippen molar-refractivity contribution < 1.29 is 4.79 Å². The third-order valence-corrected chi connectivity index (χ3v) is 5.04. The molecule has 136 valence electrons. The van der Waals surface area contributed by atoms with E-state index in [1.807, 2.05) is 37.3 Å². The number of hydrogen-bond acceptors (Lipinski definition) is 4. The smallest absolute Gasteiger partial charge is 0.272 e. The van der Waals surface area contributed by atoms with Gasteiger partial charge in [-0.1, -0.05) is 48.5 Å². The van der Waals surface area contributed by atoms with Gasteiger partial charge in [0.25, 0.3) is 5.91 Å². The van der Waals surface area contributed by atoms with Gasteiger partial charge in [-0.15, -0.1) is 10.2 Å². The molecule has 0 unspecified atom stereocenters. The summed E-state index contributed by atoms with van der Waals surface area (Å²) in [5, 5.41) is 11.3. The average Bonchev–Trinajstić information content (AvgIpc) is 2.73. The standard InChI is InChI=1S/C22H22N4O/c1-16-6-2-3-8-18(16)14-23-22(27)20-10-11-21(25-24-20)26-13-12-17-7-4-5-9-19(17)15-26/h2-11H,12-15H2,1H3,(H,23,27). The number of fused-ring (bicyclic) bond motifs is 1. The van der Waals surface area contributed by atoms with Gasteiger partial charge in [0.1, 0.15) is 0 Å². The molecule has 1 aliphatic rings. The third kappa shape index (κ3) is 3.82. The molecule has 4 rings (SSSR count). The van der Waals surface area contributed by atoms with E-state index < -0.39 is 0 Å². The van der Waals surface area contributed by atoms with Gasteiger partial charge < -0.3 is 10.2 Å². The molecule has 2 aromatic carbocycles. The van der Waals surface area contributed by atoms with Crippen LogP contribution in [-0.2, 0) is 19.5 Å². The largest absolute Gasteiger partial charge is 0.350 e. The molecular weight excluding hydrogens is 336 g/mol. The van der Waals surface area contributed by atoms with Crippen molar-refractivity contribution in [3.8, 4) is 0 Å². The molecule has 0 saturated carbocycles. The van der Waals surface area contributed by atoms with Gasteiger partial charge in [-0.2, -0.15) is 0 Å². The van der Waals surface area contributed by atoms with Crippen LogP contribution in [0.5, 0.6) is 0 Å². The van der Waals surface area contributed by atoms with Crippen LogP contribution in [0.4, 0.5) is 5.82 Å². The van der Waals surface area contributed by atoms with E-state index in [1.54, 1.807) is 6.07 Å². The predicted octanol–water partition coefficient (Wildman–Crippen LogP) is 3.28. The number of amides is 1. The molecule has 0 atom stereocenters. The number of aryl methyl sites for hydroxylation is 1. The first kappa shape index (κ1) is 17.2. The quantitative estimate of drug-likeness (QED) is 0.778. The second kappa shape index (κ2) is 7.58. The molecule has 0 saturated heterocycles. The van der Waals surface area contributed by atoms with Gasteiger partial charge in [-0.25, -0.2) is 0 Å². The van der Waals surface area contributed by atoms with Crippen molar-refractivity contribution in [2.75, 3.05) is 11.4 Å². The van der Waals surface area contributed by atoms with Gasteiger partial charge >= 0.3 is 0 Å². The molecule has 1 amide bonds. The Labute approximate surface area is 159 Å². The molecule has 3 aromatic rings. The Morgan fingerprint density at radius 3 is 2.56 bits per heavy atom. The van der Waals surface area contributed by atoms with Gasteiger partial charge in [-0.3, -0.25) is 4.79 Å². The van der Waals surface area contributed by atoms with Crippen LogP contribution in [0.3, 0.4) is 0 Å². The molecule has 1 aromatic heterocycles. The van der Waals surface area contributed by atoms with Gasteiger partial charge in [0.15, 0.2) is 11.5 Å². The summed E-state index contributed by atoms with van der Waals surface area (Å²) in [6, 6.07) is 20.1. The first-order chi connectivity index (χ1) is 13.2. The number of aromatic nitrogens is 2. The second-order valence-electron chi connectivity index (χ2n) is 6.83. The van der Waals surface area contributed by atoms with Gasteiger partial charge in [0.2, 0.25) is 0 Å². The highest BCUT2D eigenvalue weighted by molar-refractivity contribution is 5.92. The monoisotopic (exact) mass is 358 g/mol.